The van der Waals surface area contributed by atoms with E-state index >= 15 is 0 Å². The zero-order valence-electron chi connectivity index (χ0n) is 13.2. The van der Waals surface area contributed by atoms with E-state index in [0.29, 0.717) is 21.8 Å². The largest absolute Gasteiger partial charge is 0.381 e. The van der Waals surface area contributed by atoms with Crippen LogP contribution < -0.4 is 11.1 Å². The molecule has 0 aromatic heterocycles. The number of amides is 1. The maximum Gasteiger partial charge on any atom is 0.267 e. The minimum Gasteiger partial charge on any atom is -0.381 e. The first-order valence-electron chi connectivity index (χ1n) is 7.19. The Morgan fingerprint density at radius 1 is 1.29 bits per heavy atom. The molecule has 0 aliphatic heterocycles. The van der Waals surface area contributed by atoms with E-state index in [4.69, 9.17) is 22.2 Å². The van der Waals surface area contributed by atoms with Crippen molar-refractivity contribution < 1.29 is 14.0 Å². The summed E-state index contributed by atoms with van der Waals surface area (Å²) in [6, 6.07) is 11.1. The number of carbonyl (C=O) groups excluding carboxylic acids is 1. The number of carbonyl (C=O) groups is 1. The molecule has 0 saturated carbocycles. The fraction of sp³-hybridized carbons (Fsp3) is 0.176. The van der Waals surface area contributed by atoms with Crippen molar-refractivity contribution in [2.75, 3.05) is 5.32 Å². The third-order valence-corrected chi connectivity index (χ3v) is 3.51. The number of anilines is 1. The first-order chi connectivity index (χ1) is 11.4. The molecule has 0 spiro atoms. The Morgan fingerprint density at radius 3 is 2.58 bits per heavy atom. The molecule has 1 amide bonds. The lowest BCUT2D eigenvalue weighted by atomic mass is 10.2. The first kappa shape index (κ1) is 17.7. The summed E-state index contributed by atoms with van der Waals surface area (Å²) in [6.07, 6.45) is -0.903. The molecule has 0 saturated heterocycles. The third kappa shape index (κ3) is 4.70. The minimum absolute atomic E-state index is 0.118. The number of hydrogen-bond acceptors (Lipinski definition) is 3. The topological polar surface area (TPSA) is 76.7 Å². The molecule has 24 heavy (non-hydrogen) atoms. The van der Waals surface area contributed by atoms with E-state index < -0.39 is 17.8 Å². The Kier molecular flexibility index (Phi) is 5.76. The van der Waals surface area contributed by atoms with Crippen molar-refractivity contribution in [2.45, 2.75) is 20.0 Å². The average Bonchev–Trinajstić information content (AvgIpc) is 2.56. The van der Waals surface area contributed by atoms with Gasteiger partial charge in [0.1, 0.15) is 5.82 Å². The van der Waals surface area contributed by atoms with Crippen molar-refractivity contribution in [1.29, 1.82) is 0 Å². The van der Waals surface area contributed by atoms with Gasteiger partial charge in [-0.3, -0.25) is 4.79 Å². The van der Waals surface area contributed by atoms with Crippen molar-refractivity contribution >= 4 is 29.0 Å². The molecular weight excluding hydrogens is 333 g/mol. The fourth-order valence-electron chi connectivity index (χ4n) is 1.77. The molecule has 126 valence electrons. The summed E-state index contributed by atoms with van der Waals surface area (Å²) in [4.78, 5) is 17.1. The molecule has 0 radical (unpaired) electrons. The molecule has 1 unspecified atom stereocenters. The van der Waals surface area contributed by atoms with Gasteiger partial charge in [0.2, 0.25) is 6.10 Å². The second kappa shape index (κ2) is 7.79. The van der Waals surface area contributed by atoms with E-state index in [1.54, 1.807) is 43.3 Å². The van der Waals surface area contributed by atoms with E-state index in [-0.39, 0.29) is 5.84 Å². The van der Waals surface area contributed by atoms with Gasteiger partial charge in [0.15, 0.2) is 5.84 Å². The Hall–Kier alpha value is -2.60. The molecule has 7 heteroatoms. The van der Waals surface area contributed by atoms with Gasteiger partial charge < -0.3 is 15.9 Å². The highest BCUT2D eigenvalue weighted by Gasteiger charge is 2.15. The van der Waals surface area contributed by atoms with Gasteiger partial charge in [0, 0.05) is 16.3 Å². The maximum atomic E-state index is 13.5. The molecule has 0 aliphatic carbocycles. The van der Waals surface area contributed by atoms with Crippen LogP contribution in [-0.2, 0) is 9.63 Å². The summed E-state index contributed by atoms with van der Waals surface area (Å²) in [5, 5.41) is 6.86. The second-order valence-corrected chi connectivity index (χ2v) is 5.62. The zero-order valence-corrected chi connectivity index (χ0v) is 14.0. The second-order valence-electron chi connectivity index (χ2n) is 5.18. The first-order valence-corrected chi connectivity index (χ1v) is 7.57. The number of aryl methyl sites for hydroxylation is 1. The Labute approximate surface area is 144 Å². The number of halogens is 2. The molecule has 0 bridgehead atoms. The van der Waals surface area contributed by atoms with E-state index in [1.807, 2.05) is 0 Å². The lowest BCUT2D eigenvalue weighted by Gasteiger charge is -2.11. The smallest absolute Gasteiger partial charge is 0.267 e. The van der Waals surface area contributed by atoms with Crippen LogP contribution in [-0.4, -0.2) is 17.8 Å². The van der Waals surface area contributed by atoms with Crippen LogP contribution in [0.1, 0.15) is 18.1 Å². The standard InChI is InChI=1S/C17H17ClFN3O2/c1-10-3-8-14(9-15(10)19)21-17(23)11(2)24-22-16(20)12-4-6-13(18)7-5-12/h3-9,11H,1-2H3,(H2,20,22)(H,21,23). The Bertz CT molecular complexity index is 763. The van der Waals surface area contributed by atoms with Gasteiger partial charge in [-0.15, -0.1) is 0 Å². The molecule has 5 nitrogen and oxygen atoms in total. The van der Waals surface area contributed by atoms with E-state index in [0.717, 1.165) is 0 Å². The van der Waals surface area contributed by atoms with Gasteiger partial charge in [-0.2, -0.15) is 0 Å². The van der Waals surface area contributed by atoms with Crippen molar-refractivity contribution in [3.8, 4) is 0 Å². The highest BCUT2D eigenvalue weighted by atomic mass is 35.5. The number of benzene rings is 2. The van der Waals surface area contributed by atoms with Crippen molar-refractivity contribution in [2.24, 2.45) is 10.9 Å². The highest BCUT2D eigenvalue weighted by molar-refractivity contribution is 6.30. The molecule has 0 heterocycles. The van der Waals surface area contributed by atoms with E-state index in [2.05, 4.69) is 10.5 Å². The average molecular weight is 350 g/mol. The molecular formula is C17H17ClFN3O2. The lowest BCUT2D eigenvalue weighted by molar-refractivity contribution is -0.126. The molecule has 2 aromatic rings. The van der Waals surface area contributed by atoms with Gasteiger partial charge >= 0.3 is 0 Å². The highest BCUT2D eigenvalue weighted by Crippen LogP contribution is 2.14. The number of rotatable bonds is 5. The summed E-state index contributed by atoms with van der Waals surface area (Å²) in [6.45, 7) is 3.15. The van der Waals surface area contributed by atoms with Crippen LogP contribution in [0.15, 0.2) is 47.6 Å². The van der Waals surface area contributed by atoms with Gasteiger partial charge in [0.25, 0.3) is 5.91 Å². The summed E-state index contributed by atoms with van der Waals surface area (Å²) in [7, 11) is 0. The van der Waals surface area contributed by atoms with Crippen LogP contribution in [0.25, 0.3) is 0 Å². The van der Waals surface area contributed by atoms with Crippen molar-refractivity contribution in [3.63, 3.8) is 0 Å². The summed E-state index contributed by atoms with van der Waals surface area (Å²) in [5.41, 5.74) is 7.24. The van der Waals surface area contributed by atoms with Gasteiger partial charge in [-0.1, -0.05) is 22.8 Å². The number of nitrogens with zero attached hydrogens (tertiary/aromatic N) is 1. The quantitative estimate of drug-likeness (QED) is 0.493. The zero-order chi connectivity index (χ0) is 17.7. The number of hydrogen-bond donors (Lipinski definition) is 2. The summed E-state index contributed by atoms with van der Waals surface area (Å²) >= 11 is 5.79. The monoisotopic (exact) mass is 349 g/mol. The predicted octanol–water partition coefficient (Wildman–Crippen LogP) is 3.45. The molecule has 2 rings (SSSR count). The SMILES string of the molecule is Cc1ccc(NC(=O)C(C)O/N=C(\N)c2ccc(Cl)cc2)cc1F. The lowest BCUT2D eigenvalue weighted by Crippen LogP contribution is -2.27. The molecule has 1 atom stereocenters. The normalized spacial score (nSPS) is 12.6. The number of nitrogens with two attached hydrogens (primary N) is 1. The molecule has 0 aliphatic rings. The summed E-state index contributed by atoms with van der Waals surface area (Å²) < 4.78 is 13.5. The minimum atomic E-state index is -0.903. The van der Waals surface area contributed by atoms with Gasteiger partial charge in [-0.05, 0) is 55.8 Å². The maximum absolute atomic E-state index is 13.5. The molecule has 0 fully saturated rings. The van der Waals surface area contributed by atoms with Crippen LogP contribution >= 0.6 is 11.6 Å². The van der Waals surface area contributed by atoms with Crippen LogP contribution in [0.5, 0.6) is 0 Å². The summed E-state index contributed by atoms with van der Waals surface area (Å²) in [5.74, 6) is -0.745. The van der Waals surface area contributed by atoms with Crippen LogP contribution in [0.4, 0.5) is 10.1 Å². The van der Waals surface area contributed by atoms with Gasteiger partial charge in [0.05, 0.1) is 0 Å². The Morgan fingerprint density at radius 2 is 1.96 bits per heavy atom. The number of oxime groups is 1. The van der Waals surface area contributed by atoms with E-state index in [1.165, 1.54) is 13.0 Å². The van der Waals surface area contributed by atoms with Gasteiger partial charge in [-0.25, -0.2) is 4.39 Å². The third-order valence-electron chi connectivity index (χ3n) is 3.26. The van der Waals surface area contributed by atoms with Crippen molar-refractivity contribution in [3.05, 3.63) is 64.4 Å². The van der Waals surface area contributed by atoms with Crippen LogP contribution in [0, 0.1) is 12.7 Å². The number of nitrogens with one attached hydrogen (secondary N) is 1. The fourth-order valence-corrected chi connectivity index (χ4v) is 1.90. The van der Waals surface area contributed by atoms with Crippen molar-refractivity contribution in [1.82, 2.24) is 0 Å². The molecule has 3 N–H and O–H groups in total. The van der Waals surface area contributed by atoms with E-state index in [9.17, 15) is 9.18 Å². The predicted molar refractivity (Wildman–Crippen MR) is 92.5 cm³/mol. The molecule has 2 aromatic carbocycles. The van der Waals surface area contributed by atoms with Crippen LogP contribution in [0.2, 0.25) is 5.02 Å². The Balaban J connectivity index is 1.96. The number of amidine groups is 1. The van der Waals surface area contributed by atoms with Crippen LogP contribution in [0.3, 0.4) is 0 Å².